The molecule has 0 heterocycles. The molecule has 0 saturated heterocycles. The Hall–Kier alpha value is 1.82. The number of hydrogen-bond donors (Lipinski definition) is 0. The van der Waals surface area contributed by atoms with Crippen LogP contribution in [0.15, 0.2) is 0 Å². The fraction of sp³-hybridized carbons (Fsp3) is 0. The standard InChI is InChI=1S/In.Mg.H2O.2O.Zn.2H/h;;1H2;;;;;/q;+1;;;;;;/p-1. The normalized spacial score (nSPS) is 1.50. The van der Waals surface area contributed by atoms with Crippen molar-refractivity contribution >= 4 is 47.4 Å². The molecule has 28 valence electrons. The first-order valence-electron chi connectivity index (χ1n) is 0.577. The van der Waals surface area contributed by atoms with Crippen LogP contribution >= 0.6 is 0 Å². The van der Waals surface area contributed by atoms with Gasteiger partial charge in [0, 0.05) is 0 Å². The number of rotatable bonds is 0. The monoisotopic (exact) mass is 254 g/mol. The zero-order valence-electron chi connectivity index (χ0n) is 3.68. The van der Waals surface area contributed by atoms with E-state index >= 15 is 0 Å². The van der Waals surface area contributed by atoms with E-state index < -0.39 is 0 Å². The Balaban J connectivity index is -0.00000000500. The molecule has 0 bridgehead atoms. The Morgan fingerprint density at radius 3 is 1.17 bits per heavy atom. The molecule has 0 aliphatic heterocycles. The SMILES string of the molecule is [MgH+].[OH-].[O]=[InH].[O]=[Zn]. The van der Waals surface area contributed by atoms with Crippen molar-refractivity contribution in [2.75, 3.05) is 0 Å². The van der Waals surface area contributed by atoms with Crippen molar-refractivity contribution in [2.45, 2.75) is 0 Å². The van der Waals surface area contributed by atoms with Gasteiger partial charge in [0.05, 0.1) is 0 Å². The average Bonchev–Trinajstić information content (AvgIpc) is 1.50. The third-order valence-electron chi connectivity index (χ3n) is 0. The molecule has 0 radical (unpaired) electrons. The summed E-state index contributed by atoms with van der Waals surface area (Å²) in [6.07, 6.45) is 0. The van der Waals surface area contributed by atoms with E-state index in [4.69, 9.17) is 6.43 Å². The van der Waals surface area contributed by atoms with Crippen molar-refractivity contribution in [1.29, 1.82) is 0 Å². The van der Waals surface area contributed by atoms with Gasteiger partial charge in [-0.2, -0.15) is 0 Å². The van der Waals surface area contributed by atoms with Gasteiger partial charge in [0.15, 0.2) is 0 Å². The summed E-state index contributed by atoms with van der Waals surface area (Å²) in [5.41, 5.74) is 0. The molecule has 0 aromatic heterocycles. The Morgan fingerprint density at radius 1 is 1.17 bits per heavy atom. The molecule has 0 unspecified atom stereocenters. The Morgan fingerprint density at radius 2 is 1.17 bits per heavy atom. The predicted octanol–water partition coefficient (Wildman–Crippen LogP) is -1.71. The molecule has 3 nitrogen and oxygen atoms in total. The third kappa shape index (κ3) is 40.8. The molecule has 0 fully saturated rings. The van der Waals surface area contributed by atoms with Crippen LogP contribution in [0.2, 0.25) is 0 Å². The Kier molecular flexibility index (Phi) is 290. The molecule has 0 spiro atoms. The van der Waals surface area contributed by atoms with E-state index in [9.17, 15) is 0 Å². The summed E-state index contributed by atoms with van der Waals surface area (Å²) >= 11 is 0.0250. The molecule has 0 aromatic carbocycles. The fourth-order valence-electron chi connectivity index (χ4n) is 0. The third-order valence-corrected chi connectivity index (χ3v) is 0. The van der Waals surface area contributed by atoms with E-state index in [-0.39, 0.29) is 71.2 Å². The van der Waals surface area contributed by atoms with E-state index in [2.05, 4.69) is 0 Å². The van der Waals surface area contributed by atoms with Crippen LogP contribution in [0.3, 0.4) is 0 Å². The summed E-state index contributed by atoms with van der Waals surface area (Å²) in [4.78, 5) is 0. The minimum atomic E-state index is -0.1000. The van der Waals surface area contributed by atoms with Crippen LogP contribution in [-0.2, 0) is 24.7 Å². The molecular formula is H3InMgO3Zn. The number of hydrogen-bond acceptors (Lipinski definition) is 3. The van der Waals surface area contributed by atoms with Gasteiger partial charge in [-0.05, 0) is 0 Å². The van der Waals surface area contributed by atoms with Crippen LogP contribution in [0.25, 0.3) is 0 Å². The van der Waals surface area contributed by atoms with Gasteiger partial charge in [0.1, 0.15) is 0 Å². The van der Waals surface area contributed by atoms with Crippen LogP contribution in [0.4, 0.5) is 0 Å². The predicted molar refractivity (Wildman–Crippen MR) is 17.6 cm³/mol. The van der Waals surface area contributed by atoms with Crippen molar-refractivity contribution in [3.05, 3.63) is 0 Å². The molecule has 0 saturated carbocycles. The van der Waals surface area contributed by atoms with Crippen molar-refractivity contribution in [3.63, 3.8) is 0 Å². The Bertz CT molecular complexity index is 12.8. The molecule has 0 atom stereocenters. The van der Waals surface area contributed by atoms with Gasteiger partial charge in [-0.15, -0.1) is 0 Å². The first-order chi connectivity index (χ1) is 2.00. The van der Waals surface area contributed by atoms with E-state index in [1.807, 2.05) is 0 Å². The second-order valence-electron chi connectivity index (χ2n) is 0. The van der Waals surface area contributed by atoms with Gasteiger partial charge in [0.2, 0.25) is 0 Å². The molecule has 0 amide bonds. The van der Waals surface area contributed by atoms with E-state index in [1.165, 1.54) is 0 Å². The quantitative estimate of drug-likeness (QED) is 0.484. The van der Waals surface area contributed by atoms with Gasteiger partial charge in [-0.1, -0.05) is 0 Å². The summed E-state index contributed by atoms with van der Waals surface area (Å²) < 4.78 is 16.8. The summed E-state index contributed by atoms with van der Waals surface area (Å²) in [6.45, 7) is 0. The average molecular weight is 256 g/mol. The van der Waals surface area contributed by atoms with Crippen LogP contribution in [0.5, 0.6) is 0 Å². The molecule has 0 rings (SSSR count). The topological polar surface area (TPSA) is 64.1 Å². The van der Waals surface area contributed by atoms with Crippen LogP contribution in [-0.4, -0.2) is 52.9 Å². The second-order valence-corrected chi connectivity index (χ2v) is 0. The van der Waals surface area contributed by atoms with Gasteiger partial charge < -0.3 is 5.48 Å². The summed E-state index contributed by atoms with van der Waals surface area (Å²) in [6, 6.07) is 0. The maximum atomic E-state index is 8.42. The first-order valence-corrected chi connectivity index (χ1v) is 3.44. The van der Waals surface area contributed by atoms with Crippen molar-refractivity contribution in [3.8, 4) is 0 Å². The molecule has 0 aliphatic carbocycles. The van der Waals surface area contributed by atoms with Crippen molar-refractivity contribution < 1.29 is 30.2 Å². The van der Waals surface area contributed by atoms with Gasteiger partial charge in [0.25, 0.3) is 0 Å². The van der Waals surface area contributed by atoms with Crippen molar-refractivity contribution in [1.82, 2.24) is 0 Å². The molecule has 0 aromatic rings. The minimum absolute atomic E-state index is 0. The molecule has 6 heteroatoms. The summed E-state index contributed by atoms with van der Waals surface area (Å²) in [7, 11) is 0. The second kappa shape index (κ2) is 69.8. The molecule has 6 heavy (non-hydrogen) atoms. The van der Waals surface area contributed by atoms with Gasteiger partial charge in [-0.25, -0.2) is 0 Å². The van der Waals surface area contributed by atoms with Crippen molar-refractivity contribution in [2.24, 2.45) is 0 Å². The fourth-order valence-corrected chi connectivity index (χ4v) is 0. The Labute approximate surface area is 76.7 Å². The van der Waals surface area contributed by atoms with Crippen LogP contribution in [0, 0.1) is 0 Å². The summed E-state index contributed by atoms with van der Waals surface area (Å²) in [5, 5.41) is 0. The zero-order valence-corrected chi connectivity index (χ0v) is 12.7. The van der Waals surface area contributed by atoms with Crippen LogP contribution < -0.4 is 0 Å². The van der Waals surface area contributed by atoms with E-state index in [0.29, 0.717) is 0 Å². The van der Waals surface area contributed by atoms with Gasteiger partial charge in [-0.3, -0.25) is 0 Å². The maximum absolute atomic E-state index is 8.42. The zero-order chi connectivity index (χ0) is 4.00. The molecular weight excluding hydrogens is 253 g/mol. The molecule has 0 aliphatic rings. The van der Waals surface area contributed by atoms with E-state index in [1.54, 1.807) is 0 Å². The summed E-state index contributed by atoms with van der Waals surface area (Å²) in [5.74, 6) is 0. The molecule has 1 N–H and O–H groups in total. The van der Waals surface area contributed by atoms with Gasteiger partial charge >= 0.3 is 72.1 Å². The van der Waals surface area contributed by atoms with Crippen LogP contribution in [0.1, 0.15) is 0 Å². The van der Waals surface area contributed by atoms with E-state index in [0.717, 1.165) is 0 Å². The first kappa shape index (κ1) is 24.9.